The Morgan fingerprint density at radius 3 is 3.00 bits per heavy atom. The molecule has 1 N–H and O–H groups in total. The predicted octanol–water partition coefficient (Wildman–Crippen LogP) is 0.00417. The second-order valence-corrected chi connectivity index (χ2v) is 2.51. The minimum atomic E-state index is -0.420. The van der Waals surface area contributed by atoms with Crippen LogP contribution in [0.5, 0.6) is 0 Å². The highest BCUT2D eigenvalue weighted by Gasteiger charge is 1.95. The minimum Gasteiger partial charge on any atom is -0.335 e. The largest absolute Gasteiger partial charge is 0.335 e. The van der Waals surface area contributed by atoms with Crippen LogP contribution in [0.3, 0.4) is 0 Å². The third-order valence-electron chi connectivity index (χ3n) is 0.803. The summed E-state index contributed by atoms with van der Waals surface area (Å²) in [6.45, 7) is 1.30. The van der Waals surface area contributed by atoms with Crippen molar-refractivity contribution in [1.82, 2.24) is 4.73 Å². The third kappa shape index (κ3) is 1.44. The molecule has 1 rings (SSSR count). The molecule has 1 aromatic rings. The lowest BCUT2D eigenvalue weighted by Crippen LogP contribution is -2.24. The second kappa shape index (κ2) is 2.66. The number of rotatable bonds is 1. The normalized spacial score (nSPS) is 9.30. The lowest BCUT2D eigenvalue weighted by Gasteiger charge is -1.97. The molecule has 0 spiro atoms. The zero-order chi connectivity index (χ0) is 7.56. The number of nitrogens with zero attached hydrogens (tertiary/aromatic N) is 1. The fourth-order valence-electron chi connectivity index (χ4n) is 0.480. The van der Waals surface area contributed by atoms with Crippen molar-refractivity contribution in [1.29, 1.82) is 5.41 Å². The Morgan fingerprint density at radius 2 is 2.60 bits per heavy atom. The molecule has 0 aromatic carbocycles. The Balaban J connectivity index is 2.85. The summed E-state index contributed by atoms with van der Waals surface area (Å²) in [5.41, 5.74) is 0. The molecule has 0 bridgehead atoms. The zero-order valence-electron chi connectivity index (χ0n) is 5.33. The third-order valence-corrected chi connectivity index (χ3v) is 1.46. The highest BCUT2D eigenvalue weighted by molar-refractivity contribution is 7.06. The van der Waals surface area contributed by atoms with Crippen LogP contribution in [-0.2, 0) is 4.79 Å². The van der Waals surface area contributed by atoms with Gasteiger partial charge < -0.3 is 4.84 Å². The van der Waals surface area contributed by atoms with Crippen LogP contribution in [0.1, 0.15) is 6.92 Å². The lowest BCUT2D eigenvalue weighted by atomic mass is 10.8. The molecule has 0 radical (unpaired) electrons. The van der Waals surface area contributed by atoms with Crippen molar-refractivity contribution in [3.05, 3.63) is 16.4 Å². The average Bonchev–Trinajstić information content (AvgIpc) is 2.15. The second-order valence-electron chi connectivity index (χ2n) is 1.62. The maximum atomic E-state index is 10.3. The zero-order valence-corrected chi connectivity index (χ0v) is 6.14. The molecular weight excluding hydrogens is 152 g/mol. The summed E-state index contributed by atoms with van der Waals surface area (Å²) in [6.07, 6.45) is 1.52. The average molecular weight is 158 g/mol. The molecule has 4 nitrogen and oxygen atoms in total. The molecule has 1 aromatic heterocycles. The number of carbonyl (C=O) groups is 1. The first-order chi connectivity index (χ1) is 4.70. The fraction of sp³-hybridized carbons (Fsp3) is 0.200. The molecular formula is C5H6N2O2S. The summed E-state index contributed by atoms with van der Waals surface area (Å²) in [4.78, 5) is 15.1. The SMILES string of the molecule is CC(=O)On1ccsc1=N. The molecule has 10 heavy (non-hydrogen) atoms. The van der Waals surface area contributed by atoms with E-state index >= 15 is 0 Å². The number of aromatic nitrogens is 1. The van der Waals surface area contributed by atoms with Gasteiger partial charge in [-0.15, -0.1) is 11.3 Å². The van der Waals surface area contributed by atoms with Gasteiger partial charge in [-0.2, -0.15) is 4.73 Å². The Hall–Kier alpha value is -1.10. The van der Waals surface area contributed by atoms with Gasteiger partial charge in [-0.3, -0.25) is 5.41 Å². The van der Waals surface area contributed by atoms with Crippen LogP contribution in [0.25, 0.3) is 0 Å². The lowest BCUT2D eigenvalue weighted by molar-refractivity contribution is -0.141. The summed E-state index contributed by atoms with van der Waals surface area (Å²) in [5.74, 6) is -0.420. The first-order valence-electron chi connectivity index (χ1n) is 2.60. The highest BCUT2D eigenvalue weighted by atomic mass is 32.1. The summed E-state index contributed by atoms with van der Waals surface area (Å²) in [7, 11) is 0. The molecule has 0 saturated carbocycles. The number of thiazole rings is 1. The van der Waals surface area contributed by atoms with Crippen LogP contribution in [-0.4, -0.2) is 10.7 Å². The van der Waals surface area contributed by atoms with E-state index in [-0.39, 0.29) is 4.80 Å². The van der Waals surface area contributed by atoms with E-state index in [9.17, 15) is 4.79 Å². The van der Waals surface area contributed by atoms with Gasteiger partial charge >= 0.3 is 5.97 Å². The van der Waals surface area contributed by atoms with Gasteiger partial charge in [0.05, 0.1) is 6.20 Å². The van der Waals surface area contributed by atoms with Crippen LogP contribution in [0, 0.1) is 5.41 Å². The van der Waals surface area contributed by atoms with Gasteiger partial charge in [0.25, 0.3) is 0 Å². The van der Waals surface area contributed by atoms with Crippen molar-refractivity contribution in [2.24, 2.45) is 0 Å². The number of hydrogen-bond acceptors (Lipinski definition) is 4. The Bertz CT molecular complexity index is 288. The Labute approximate surface area is 61.1 Å². The number of nitrogens with one attached hydrogen (secondary N) is 1. The van der Waals surface area contributed by atoms with Crippen molar-refractivity contribution in [3.8, 4) is 0 Å². The van der Waals surface area contributed by atoms with Gasteiger partial charge in [-0.25, -0.2) is 4.79 Å². The quantitative estimate of drug-likeness (QED) is 0.625. The first-order valence-corrected chi connectivity index (χ1v) is 3.48. The predicted molar refractivity (Wildman–Crippen MR) is 35.4 cm³/mol. The number of hydrogen-bond donors (Lipinski definition) is 1. The van der Waals surface area contributed by atoms with Crippen molar-refractivity contribution in [2.75, 3.05) is 0 Å². The van der Waals surface area contributed by atoms with E-state index < -0.39 is 5.97 Å². The van der Waals surface area contributed by atoms with Crippen molar-refractivity contribution in [3.63, 3.8) is 0 Å². The molecule has 0 amide bonds. The maximum absolute atomic E-state index is 10.3. The van der Waals surface area contributed by atoms with E-state index in [1.54, 1.807) is 5.38 Å². The fourth-order valence-corrected chi connectivity index (χ4v) is 0.983. The number of carbonyl (C=O) groups excluding carboxylic acids is 1. The molecule has 0 aliphatic carbocycles. The van der Waals surface area contributed by atoms with Crippen molar-refractivity contribution in [2.45, 2.75) is 6.92 Å². The van der Waals surface area contributed by atoms with E-state index in [2.05, 4.69) is 4.84 Å². The summed E-state index contributed by atoms with van der Waals surface area (Å²) < 4.78 is 1.12. The van der Waals surface area contributed by atoms with Gasteiger partial charge in [0.2, 0.25) is 4.80 Å². The molecule has 5 heteroatoms. The van der Waals surface area contributed by atoms with Crippen LogP contribution in [0.4, 0.5) is 0 Å². The van der Waals surface area contributed by atoms with E-state index in [1.165, 1.54) is 24.5 Å². The molecule has 1 heterocycles. The van der Waals surface area contributed by atoms with Crippen molar-refractivity contribution < 1.29 is 9.63 Å². The van der Waals surface area contributed by atoms with E-state index in [4.69, 9.17) is 5.41 Å². The molecule has 54 valence electrons. The van der Waals surface area contributed by atoms with Crippen LogP contribution in [0.2, 0.25) is 0 Å². The standard InChI is InChI=1S/C5H6N2O2S/c1-4(8)9-7-2-3-10-5(7)6/h2-3,6H,1H3. The highest BCUT2D eigenvalue weighted by Crippen LogP contribution is 1.84. The molecule has 0 unspecified atom stereocenters. The minimum absolute atomic E-state index is 0.204. The summed E-state index contributed by atoms with van der Waals surface area (Å²) in [6, 6.07) is 0. The molecule has 0 fully saturated rings. The Kier molecular flexibility index (Phi) is 1.86. The van der Waals surface area contributed by atoms with Gasteiger partial charge in [0, 0.05) is 12.3 Å². The smallest absolute Gasteiger partial charge is 0.329 e. The van der Waals surface area contributed by atoms with Gasteiger partial charge in [0.1, 0.15) is 0 Å². The Morgan fingerprint density at radius 1 is 1.90 bits per heavy atom. The van der Waals surface area contributed by atoms with E-state index in [0.717, 1.165) is 4.73 Å². The van der Waals surface area contributed by atoms with Crippen LogP contribution < -0.4 is 9.64 Å². The molecule has 0 saturated heterocycles. The monoisotopic (exact) mass is 158 g/mol. The van der Waals surface area contributed by atoms with Crippen LogP contribution >= 0.6 is 11.3 Å². The van der Waals surface area contributed by atoms with Gasteiger partial charge in [-0.05, 0) is 0 Å². The van der Waals surface area contributed by atoms with E-state index in [1.807, 2.05) is 0 Å². The van der Waals surface area contributed by atoms with Crippen LogP contribution in [0.15, 0.2) is 11.6 Å². The first kappa shape index (κ1) is 7.01. The van der Waals surface area contributed by atoms with Gasteiger partial charge in [0.15, 0.2) is 0 Å². The summed E-state index contributed by atoms with van der Waals surface area (Å²) >= 11 is 1.20. The molecule has 0 aliphatic heterocycles. The topological polar surface area (TPSA) is 55.1 Å². The molecule has 0 atom stereocenters. The van der Waals surface area contributed by atoms with Gasteiger partial charge in [-0.1, -0.05) is 0 Å². The maximum Gasteiger partial charge on any atom is 0.329 e. The summed E-state index contributed by atoms with van der Waals surface area (Å²) in [5, 5.41) is 8.82. The van der Waals surface area contributed by atoms with Crippen molar-refractivity contribution >= 4 is 17.3 Å². The van der Waals surface area contributed by atoms with E-state index in [0.29, 0.717) is 0 Å². The molecule has 0 aliphatic rings.